The van der Waals surface area contributed by atoms with E-state index < -0.39 is 0 Å². The average Bonchev–Trinajstić information content (AvgIpc) is 2.12. The van der Waals surface area contributed by atoms with Crippen molar-refractivity contribution in [3.63, 3.8) is 0 Å². The summed E-state index contributed by atoms with van der Waals surface area (Å²) in [5.74, 6) is -0.107. The van der Waals surface area contributed by atoms with Gasteiger partial charge in [0.2, 0.25) is 5.91 Å². The largest absolute Gasteiger partial charge is 0.423 e. The molecule has 0 aliphatic heterocycles. The van der Waals surface area contributed by atoms with Crippen LogP contribution in [0.5, 0.6) is 0 Å². The number of rotatable bonds is 6. The summed E-state index contributed by atoms with van der Waals surface area (Å²) >= 11 is 0. The second-order valence-corrected chi connectivity index (χ2v) is 3.97. The van der Waals surface area contributed by atoms with Crippen LogP contribution in [0.3, 0.4) is 0 Å². The second kappa shape index (κ2) is 5.94. The fraction of sp³-hybridized carbons (Fsp3) is 0.667. The quantitative estimate of drug-likeness (QED) is 0.377. The molecule has 0 saturated carbocycles. The second-order valence-electron chi connectivity index (χ2n) is 3.56. The van der Waals surface area contributed by atoms with E-state index in [-0.39, 0.29) is 11.5 Å². The summed E-state index contributed by atoms with van der Waals surface area (Å²) in [5.41, 5.74) is -0.0366. The molecule has 0 bridgehead atoms. The van der Waals surface area contributed by atoms with E-state index in [1.54, 1.807) is 0 Å². The molecule has 0 spiro atoms. The van der Waals surface area contributed by atoms with Crippen molar-refractivity contribution in [2.75, 3.05) is 6.54 Å². The molecule has 0 atom stereocenters. The fourth-order valence-electron chi connectivity index (χ4n) is 0.900. The molecule has 0 rings (SSSR count). The molecule has 0 heterocycles. The predicted octanol–water partition coefficient (Wildman–Crippen LogP) is 0.144. The highest BCUT2D eigenvalue weighted by Crippen LogP contribution is 2.13. The molecule has 0 unspecified atom stereocenters. The molecule has 13 heavy (non-hydrogen) atoms. The summed E-state index contributed by atoms with van der Waals surface area (Å²) in [6.45, 7) is 8.20. The third-order valence-corrected chi connectivity index (χ3v) is 3.10. The van der Waals surface area contributed by atoms with Gasteiger partial charge in [-0.15, -0.1) is 0 Å². The number of hydrogen-bond donors (Lipinski definition) is 1. The zero-order valence-electron chi connectivity index (χ0n) is 8.72. The molecule has 0 aromatic heterocycles. The Balaban J connectivity index is 3.46. The summed E-state index contributed by atoms with van der Waals surface area (Å²) in [4.78, 5) is 10.8. The summed E-state index contributed by atoms with van der Waals surface area (Å²) in [7, 11) is 0.759. The van der Waals surface area contributed by atoms with E-state index >= 15 is 0 Å². The minimum Gasteiger partial charge on any atom is -0.423 e. The van der Waals surface area contributed by atoms with Crippen LogP contribution in [0.4, 0.5) is 0 Å². The molecule has 0 aromatic rings. The molecule has 0 saturated heterocycles. The summed E-state index contributed by atoms with van der Waals surface area (Å²) in [6.07, 6.45) is 3.19. The van der Waals surface area contributed by atoms with Crippen LogP contribution < -0.4 is 5.32 Å². The van der Waals surface area contributed by atoms with Crippen LogP contribution in [-0.4, -0.2) is 28.5 Å². The zero-order chi connectivity index (χ0) is 10.3. The van der Waals surface area contributed by atoms with Gasteiger partial charge in [0, 0.05) is 12.1 Å². The fourth-order valence-corrected chi connectivity index (χ4v) is 1.10. The molecule has 0 fully saturated rings. The number of nitrogens with one attached hydrogen (secondary N) is 1. The van der Waals surface area contributed by atoms with E-state index in [1.165, 1.54) is 6.08 Å². The van der Waals surface area contributed by atoms with Gasteiger partial charge in [0.15, 0.2) is 0 Å². The van der Waals surface area contributed by atoms with Gasteiger partial charge in [0.05, 0.1) is 0 Å². The highest BCUT2D eigenvalue weighted by Gasteiger charge is 2.14. The first kappa shape index (κ1) is 12.4. The molecule has 0 aromatic carbocycles. The molecule has 3 nitrogen and oxygen atoms in total. The maximum Gasteiger partial charge on any atom is 0.243 e. The van der Waals surface area contributed by atoms with Crippen molar-refractivity contribution in [3.8, 4) is 0 Å². The van der Waals surface area contributed by atoms with Crippen LogP contribution in [0.2, 0.25) is 0 Å². The van der Waals surface area contributed by atoms with Gasteiger partial charge in [-0.1, -0.05) is 6.58 Å². The van der Waals surface area contributed by atoms with Gasteiger partial charge >= 0.3 is 0 Å². The Morgan fingerprint density at radius 3 is 2.77 bits per heavy atom. The van der Waals surface area contributed by atoms with E-state index in [0.29, 0.717) is 6.54 Å². The van der Waals surface area contributed by atoms with Gasteiger partial charge in [-0.2, -0.15) is 0 Å². The van der Waals surface area contributed by atoms with Crippen molar-refractivity contribution in [1.29, 1.82) is 0 Å². The molecule has 0 aliphatic carbocycles. The maximum atomic E-state index is 10.8. The van der Waals surface area contributed by atoms with Crippen molar-refractivity contribution in [1.82, 2.24) is 5.32 Å². The first-order valence-corrected chi connectivity index (χ1v) is 5.29. The SMILES string of the molecule is C=CC(=O)NCCCC(C)(C)O[SiH3]. The topological polar surface area (TPSA) is 38.3 Å². The Morgan fingerprint density at radius 2 is 2.31 bits per heavy atom. The zero-order valence-corrected chi connectivity index (χ0v) is 10.7. The highest BCUT2D eigenvalue weighted by molar-refractivity contribution is 5.98. The summed E-state index contributed by atoms with van der Waals surface area (Å²) < 4.78 is 5.38. The van der Waals surface area contributed by atoms with Crippen LogP contribution in [0.15, 0.2) is 12.7 Å². The smallest absolute Gasteiger partial charge is 0.243 e. The lowest BCUT2D eigenvalue weighted by molar-refractivity contribution is -0.116. The lowest BCUT2D eigenvalue weighted by Crippen LogP contribution is -2.27. The van der Waals surface area contributed by atoms with Gasteiger partial charge < -0.3 is 9.74 Å². The van der Waals surface area contributed by atoms with Crippen LogP contribution in [0, 0.1) is 0 Å². The predicted molar refractivity (Wildman–Crippen MR) is 57.5 cm³/mol. The first-order chi connectivity index (χ1) is 6.02. The summed E-state index contributed by atoms with van der Waals surface area (Å²) in [6, 6.07) is 0. The van der Waals surface area contributed by atoms with E-state index in [0.717, 1.165) is 23.3 Å². The molecule has 1 N–H and O–H groups in total. The third kappa shape index (κ3) is 6.54. The Bertz CT molecular complexity index is 180. The van der Waals surface area contributed by atoms with Crippen molar-refractivity contribution in [2.45, 2.75) is 32.3 Å². The monoisotopic (exact) mass is 201 g/mol. The molecule has 1 amide bonds. The number of carbonyl (C=O) groups is 1. The Kier molecular flexibility index (Phi) is 5.66. The highest BCUT2D eigenvalue weighted by atomic mass is 28.2. The molecule has 0 aliphatic rings. The van der Waals surface area contributed by atoms with E-state index in [2.05, 4.69) is 25.7 Å². The summed E-state index contributed by atoms with van der Waals surface area (Å²) in [5, 5.41) is 2.73. The van der Waals surface area contributed by atoms with E-state index in [1.807, 2.05) is 0 Å². The lowest BCUT2D eigenvalue weighted by Gasteiger charge is -2.23. The van der Waals surface area contributed by atoms with Gasteiger partial charge in [0.1, 0.15) is 10.5 Å². The Labute approximate surface area is 83.1 Å². The van der Waals surface area contributed by atoms with Crippen molar-refractivity contribution < 1.29 is 9.22 Å². The van der Waals surface area contributed by atoms with Gasteiger partial charge in [-0.05, 0) is 32.8 Å². The van der Waals surface area contributed by atoms with Crippen LogP contribution in [0.25, 0.3) is 0 Å². The Morgan fingerprint density at radius 1 is 1.69 bits per heavy atom. The lowest BCUT2D eigenvalue weighted by atomic mass is 10.0. The minimum atomic E-state index is -0.107. The van der Waals surface area contributed by atoms with Crippen LogP contribution in [0.1, 0.15) is 26.7 Å². The molecule has 4 heteroatoms. The van der Waals surface area contributed by atoms with Gasteiger partial charge in [-0.25, -0.2) is 0 Å². The van der Waals surface area contributed by atoms with E-state index in [9.17, 15) is 4.79 Å². The molecule has 76 valence electrons. The Hall–Kier alpha value is -0.613. The maximum absolute atomic E-state index is 10.8. The third-order valence-electron chi connectivity index (χ3n) is 1.99. The van der Waals surface area contributed by atoms with Gasteiger partial charge in [0.25, 0.3) is 0 Å². The van der Waals surface area contributed by atoms with Crippen molar-refractivity contribution >= 4 is 16.4 Å². The standard InChI is InChI=1S/C9H19NO2Si/c1-4-8(11)10-7-5-6-9(2,3)12-13/h4H,1,5-7H2,2-3,13H3,(H,10,11). The molecular formula is C9H19NO2Si. The van der Waals surface area contributed by atoms with Crippen LogP contribution >= 0.6 is 0 Å². The first-order valence-electron chi connectivity index (χ1n) is 4.47. The number of hydrogen-bond acceptors (Lipinski definition) is 2. The van der Waals surface area contributed by atoms with E-state index in [4.69, 9.17) is 4.43 Å². The molecular weight excluding hydrogens is 182 g/mol. The minimum absolute atomic E-state index is 0.0366. The van der Waals surface area contributed by atoms with Crippen molar-refractivity contribution in [2.24, 2.45) is 0 Å². The number of amides is 1. The van der Waals surface area contributed by atoms with Crippen LogP contribution in [-0.2, 0) is 9.22 Å². The normalized spacial score (nSPS) is 11.2. The molecule has 0 radical (unpaired) electrons. The van der Waals surface area contributed by atoms with Crippen molar-refractivity contribution in [3.05, 3.63) is 12.7 Å². The average molecular weight is 201 g/mol. The van der Waals surface area contributed by atoms with Gasteiger partial charge in [-0.3, -0.25) is 4.79 Å². The number of carbonyl (C=O) groups excluding carboxylic acids is 1.